The molecule has 1 aromatic rings. The Morgan fingerprint density at radius 3 is 2.95 bits per heavy atom. The minimum absolute atomic E-state index is 0.00301. The molecular formula is C15H24N4O2S. The molecule has 0 unspecified atom stereocenters. The first-order valence-electron chi connectivity index (χ1n) is 7.97. The van der Waals surface area contributed by atoms with Crippen LogP contribution in [-0.2, 0) is 22.5 Å². The number of thiazole rings is 1. The van der Waals surface area contributed by atoms with Gasteiger partial charge in [0.25, 0.3) is 0 Å². The van der Waals surface area contributed by atoms with Gasteiger partial charge in [0.2, 0.25) is 5.91 Å². The minimum atomic E-state index is -0.500. The fraction of sp³-hybridized carbons (Fsp3) is 0.733. The standard InChI is InChI=1S/C15H24N4O2S/c1-2-19-6-3-11-12(9-19)22-14(17-11)18-13(20)15(10-16)4-7-21-8-5-15/h2-10,16H2,1H3,(H,17,18,20). The van der Waals surface area contributed by atoms with E-state index < -0.39 is 5.41 Å². The van der Waals surface area contributed by atoms with Gasteiger partial charge in [0.05, 0.1) is 11.1 Å². The summed E-state index contributed by atoms with van der Waals surface area (Å²) in [6, 6.07) is 0. The summed E-state index contributed by atoms with van der Waals surface area (Å²) in [7, 11) is 0. The maximum Gasteiger partial charge on any atom is 0.233 e. The fourth-order valence-corrected chi connectivity index (χ4v) is 4.13. The van der Waals surface area contributed by atoms with Crippen molar-refractivity contribution in [2.24, 2.45) is 11.1 Å². The average Bonchev–Trinajstić information content (AvgIpc) is 2.96. The van der Waals surface area contributed by atoms with Gasteiger partial charge in [-0.3, -0.25) is 9.69 Å². The Morgan fingerprint density at radius 1 is 1.50 bits per heavy atom. The Balaban J connectivity index is 1.70. The van der Waals surface area contributed by atoms with Gasteiger partial charge in [0.1, 0.15) is 0 Å². The van der Waals surface area contributed by atoms with Crippen LogP contribution in [0.2, 0.25) is 0 Å². The first-order valence-corrected chi connectivity index (χ1v) is 8.79. The van der Waals surface area contributed by atoms with Gasteiger partial charge in [-0.05, 0) is 19.4 Å². The van der Waals surface area contributed by atoms with Crippen molar-refractivity contribution in [1.82, 2.24) is 9.88 Å². The molecule has 7 heteroatoms. The molecule has 0 spiro atoms. The number of amides is 1. The number of hydrogen-bond acceptors (Lipinski definition) is 6. The van der Waals surface area contributed by atoms with Crippen LogP contribution in [0.3, 0.4) is 0 Å². The molecule has 1 fully saturated rings. The highest BCUT2D eigenvalue weighted by Crippen LogP contribution is 2.33. The van der Waals surface area contributed by atoms with Crippen LogP contribution in [0.15, 0.2) is 0 Å². The molecule has 1 saturated heterocycles. The highest BCUT2D eigenvalue weighted by atomic mass is 32.1. The normalized spacial score (nSPS) is 21.4. The summed E-state index contributed by atoms with van der Waals surface area (Å²) in [5.41, 5.74) is 6.52. The summed E-state index contributed by atoms with van der Waals surface area (Å²) in [4.78, 5) is 20.9. The lowest BCUT2D eigenvalue weighted by Crippen LogP contribution is -2.46. The molecular weight excluding hydrogens is 300 g/mol. The molecule has 122 valence electrons. The summed E-state index contributed by atoms with van der Waals surface area (Å²) in [6.45, 7) is 6.77. The summed E-state index contributed by atoms with van der Waals surface area (Å²) in [6.07, 6.45) is 2.33. The zero-order valence-corrected chi connectivity index (χ0v) is 13.9. The van der Waals surface area contributed by atoms with Crippen LogP contribution >= 0.6 is 11.3 Å². The van der Waals surface area contributed by atoms with E-state index >= 15 is 0 Å². The molecule has 0 aromatic carbocycles. The minimum Gasteiger partial charge on any atom is -0.381 e. The monoisotopic (exact) mass is 324 g/mol. The van der Waals surface area contributed by atoms with Crippen molar-refractivity contribution in [1.29, 1.82) is 0 Å². The van der Waals surface area contributed by atoms with Crippen molar-refractivity contribution in [3.8, 4) is 0 Å². The number of carbonyl (C=O) groups is 1. The molecule has 0 saturated carbocycles. The predicted octanol–water partition coefficient (Wildman–Crippen LogP) is 1.22. The van der Waals surface area contributed by atoms with E-state index in [-0.39, 0.29) is 5.91 Å². The van der Waals surface area contributed by atoms with E-state index in [1.54, 1.807) is 11.3 Å². The lowest BCUT2D eigenvalue weighted by molar-refractivity contribution is -0.130. The van der Waals surface area contributed by atoms with Crippen molar-refractivity contribution in [3.05, 3.63) is 10.6 Å². The molecule has 22 heavy (non-hydrogen) atoms. The lowest BCUT2D eigenvalue weighted by atomic mass is 9.79. The van der Waals surface area contributed by atoms with Crippen LogP contribution in [0, 0.1) is 5.41 Å². The summed E-state index contributed by atoms with van der Waals surface area (Å²) in [5, 5.41) is 3.72. The number of aromatic nitrogens is 1. The third kappa shape index (κ3) is 3.03. The van der Waals surface area contributed by atoms with Gasteiger partial charge in [0, 0.05) is 44.1 Å². The van der Waals surface area contributed by atoms with E-state index in [0.29, 0.717) is 37.7 Å². The van der Waals surface area contributed by atoms with Crippen molar-refractivity contribution in [3.63, 3.8) is 0 Å². The number of nitrogens with zero attached hydrogens (tertiary/aromatic N) is 2. The van der Waals surface area contributed by atoms with E-state index in [4.69, 9.17) is 10.5 Å². The third-order valence-corrected chi connectivity index (χ3v) is 5.80. The lowest BCUT2D eigenvalue weighted by Gasteiger charge is -2.34. The highest BCUT2D eigenvalue weighted by Gasteiger charge is 2.39. The molecule has 2 aliphatic heterocycles. The number of carbonyl (C=O) groups excluding carboxylic acids is 1. The second kappa shape index (κ2) is 6.62. The van der Waals surface area contributed by atoms with Crippen LogP contribution < -0.4 is 11.1 Å². The molecule has 0 aliphatic carbocycles. The first-order chi connectivity index (χ1) is 10.7. The molecule has 3 rings (SSSR count). The Hall–Kier alpha value is -1.02. The number of ether oxygens (including phenoxy) is 1. The van der Waals surface area contributed by atoms with E-state index in [0.717, 1.165) is 31.7 Å². The summed E-state index contributed by atoms with van der Waals surface area (Å²) < 4.78 is 5.36. The smallest absolute Gasteiger partial charge is 0.233 e. The molecule has 0 bridgehead atoms. The van der Waals surface area contributed by atoms with Crippen LogP contribution in [0.1, 0.15) is 30.3 Å². The fourth-order valence-electron chi connectivity index (χ4n) is 3.09. The molecule has 1 aromatic heterocycles. The Bertz CT molecular complexity index is 540. The molecule has 0 atom stereocenters. The maximum atomic E-state index is 12.7. The third-order valence-electron chi connectivity index (χ3n) is 4.80. The van der Waals surface area contributed by atoms with Crippen LogP contribution in [-0.4, -0.2) is 48.6 Å². The van der Waals surface area contributed by atoms with Gasteiger partial charge in [-0.1, -0.05) is 6.92 Å². The molecule has 1 amide bonds. The SMILES string of the molecule is CCN1CCc2nc(NC(=O)C3(CN)CCOCC3)sc2C1. The van der Waals surface area contributed by atoms with Gasteiger partial charge < -0.3 is 15.8 Å². The zero-order valence-electron chi connectivity index (χ0n) is 13.1. The second-order valence-electron chi connectivity index (χ2n) is 6.06. The number of nitrogens with one attached hydrogen (secondary N) is 1. The average molecular weight is 324 g/mol. The largest absolute Gasteiger partial charge is 0.381 e. The van der Waals surface area contributed by atoms with Crippen molar-refractivity contribution in [2.45, 2.75) is 32.7 Å². The predicted molar refractivity (Wildman–Crippen MR) is 86.9 cm³/mol. The van der Waals surface area contributed by atoms with Gasteiger partial charge in [-0.25, -0.2) is 4.98 Å². The number of rotatable bonds is 4. The number of likely N-dealkylation sites (N-methyl/N-ethyl adjacent to an activating group) is 1. The molecule has 0 radical (unpaired) electrons. The number of fused-ring (bicyclic) bond motifs is 1. The number of anilines is 1. The Labute approximate surface area is 135 Å². The molecule has 3 N–H and O–H groups in total. The van der Waals surface area contributed by atoms with Gasteiger partial charge in [-0.2, -0.15) is 0 Å². The maximum absolute atomic E-state index is 12.7. The Morgan fingerprint density at radius 2 is 2.27 bits per heavy atom. The van der Waals surface area contributed by atoms with Gasteiger partial charge >= 0.3 is 0 Å². The van der Waals surface area contributed by atoms with E-state index in [1.807, 2.05) is 0 Å². The quantitative estimate of drug-likeness (QED) is 0.870. The van der Waals surface area contributed by atoms with Crippen molar-refractivity contribution in [2.75, 3.05) is 38.2 Å². The number of nitrogens with two attached hydrogens (primary N) is 1. The van der Waals surface area contributed by atoms with Gasteiger partial charge in [0.15, 0.2) is 5.13 Å². The van der Waals surface area contributed by atoms with Crippen LogP contribution in [0.5, 0.6) is 0 Å². The highest BCUT2D eigenvalue weighted by molar-refractivity contribution is 7.15. The molecule has 6 nitrogen and oxygen atoms in total. The summed E-state index contributed by atoms with van der Waals surface area (Å²) in [5.74, 6) is -0.00301. The van der Waals surface area contributed by atoms with Crippen LogP contribution in [0.25, 0.3) is 0 Å². The zero-order chi connectivity index (χ0) is 15.6. The van der Waals surface area contributed by atoms with Gasteiger partial charge in [-0.15, -0.1) is 11.3 Å². The summed E-state index contributed by atoms with van der Waals surface area (Å²) >= 11 is 1.60. The van der Waals surface area contributed by atoms with Crippen LogP contribution in [0.4, 0.5) is 5.13 Å². The first kappa shape index (κ1) is 15.9. The topological polar surface area (TPSA) is 80.5 Å². The molecule has 3 heterocycles. The van der Waals surface area contributed by atoms with E-state index in [2.05, 4.69) is 22.1 Å². The molecule has 2 aliphatic rings. The van der Waals surface area contributed by atoms with E-state index in [1.165, 1.54) is 4.88 Å². The van der Waals surface area contributed by atoms with E-state index in [9.17, 15) is 4.79 Å². The van der Waals surface area contributed by atoms with Crippen molar-refractivity contribution < 1.29 is 9.53 Å². The van der Waals surface area contributed by atoms with Crippen molar-refractivity contribution >= 4 is 22.4 Å². The Kier molecular flexibility index (Phi) is 4.77. The second-order valence-corrected chi connectivity index (χ2v) is 7.14. The number of hydrogen-bond donors (Lipinski definition) is 2.